The molecule has 5 rings (SSSR count). The van der Waals surface area contributed by atoms with E-state index in [1.54, 1.807) is 0 Å². The minimum absolute atomic E-state index is 0.162. The van der Waals surface area contributed by atoms with Crippen molar-refractivity contribution in [3.8, 4) is 22.6 Å². The summed E-state index contributed by atoms with van der Waals surface area (Å²) in [6.07, 6.45) is 0. The molecule has 1 fully saturated rings. The number of hydrazine groups is 1. The highest BCUT2D eigenvalue weighted by Gasteiger charge is 2.22. The van der Waals surface area contributed by atoms with Crippen molar-refractivity contribution in [2.45, 2.75) is 6.54 Å². The fraction of sp³-hybridized carbons (Fsp3) is 0.280. The van der Waals surface area contributed by atoms with Gasteiger partial charge in [0.2, 0.25) is 5.82 Å². The van der Waals surface area contributed by atoms with Crippen molar-refractivity contribution in [3.63, 3.8) is 0 Å². The van der Waals surface area contributed by atoms with Gasteiger partial charge in [0.05, 0.1) is 12.2 Å². The number of hydrogen-bond acceptors (Lipinski definition) is 8. The SMILES string of the molecule is CN(C)N1CCN(c2nc(-c3cccc(Cn4nc(-c5cc(F)cc(F)c5)ccc4=O)c3)no2)CC1. The van der Waals surface area contributed by atoms with E-state index in [2.05, 4.69) is 30.2 Å². The summed E-state index contributed by atoms with van der Waals surface area (Å²) in [5.74, 6) is -0.973. The summed E-state index contributed by atoms with van der Waals surface area (Å²) < 4.78 is 34.1. The Morgan fingerprint density at radius 2 is 1.69 bits per heavy atom. The van der Waals surface area contributed by atoms with Gasteiger partial charge in [-0.3, -0.25) is 4.79 Å². The molecule has 0 atom stereocenters. The molecule has 1 aliphatic heterocycles. The number of benzene rings is 2. The number of hydrogen-bond donors (Lipinski definition) is 0. The lowest BCUT2D eigenvalue weighted by Crippen LogP contribution is -2.51. The van der Waals surface area contributed by atoms with Crippen LogP contribution in [0.4, 0.5) is 14.8 Å². The standard InChI is InChI=1S/C25H25F2N7O2/c1-31(2)33-10-8-32(9-11-33)25-28-24(30-36-25)18-5-3-4-17(12-18)16-34-23(35)7-6-22(29-34)19-13-20(26)15-21(27)14-19/h3-7,12-15H,8-11,16H2,1-2H3. The van der Waals surface area contributed by atoms with Crippen molar-refractivity contribution in [2.24, 2.45) is 0 Å². The van der Waals surface area contributed by atoms with Gasteiger partial charge in [-0.05, 0) is 29.8 Å². The van der Waals surface area contributed by atoms with Gasteiger partial charge in [0, 0.05) is 63.5 Å². The maximum absolute atomic E-state index is 13.7. The molecular weight excluding hydrogens is 468 g/mol. The molecule has 4 aromatic rings. The van der Waals surface area contributed by atoms with Crippen LogP contribution in [-0.2, 0) is 6.54 Å². The summed E-state index contributed by atoms with van der Waals surface area (Å²) in [5, 5.41) is 12.8. The van der Waals surface area contributed by atoms with Crippen LogP contribution < -0.4 is 10.5 Å². The molecule has 2 aromatic carbocycles. The van der Waals surface area contributed by atoms with Gasteiger partial charge in [-0.1, -0.05) is 23.4 Å². The van der Waals surface area contributed by atoms with Crippen LogP contribution in [0.15, 0.2) is 63.9 Å². The van der Waals surface area contributed by atoms with E-state index in [0.29, 0.717) is 17.5 Å². The first-order valence-corrected chi connectivity index (χ1v) is 11.5. The summed E-state index contributed by atoms with van der Waals surface area (Å²) >= 11 is 0. The second kappa shape index (κ2) is 9.96. The molecular formula is C25H25F2N7O2. The minimum Gasteiger partial charge on any atom is -0.322 e. The molecule has 3 heterocycles. The molecule has 2 aromatic heterocycles. The van der Waals surface area contributed by atoms with Gasteiger partial charge in [0.15, 0.2) is 0 Å². The first-order valence-electron chi connectivity index (χ1n) is 11.5. The second-order valence-corrected chi connectivity index (χ2v) is 8.76. The summed E-state index contributed by atoms with van der Waals surface area (Å²) in [5.41, 5.74) is 1.74. The number of aromatic nitrogens is 4. The Hall–Kier alpha value is -3.96. The summed E-state index contributed by atoms with van der Waals surface area (Å²) in [7, 11) is 4.04. The molecule has 0 amide bonds. The molecule has 1 aliphatic rings. The quantitative estimate of drug-likeness (QED) is 0.406. The highest BCUT2D eigenvalue weighted by molar-refractivity contribution is 5.59. The normalized spacial score (nSPS) is 14.5. The van der Waals surface area contributed by atoms with Crippen LogP contribution in [0, 0.1) is 11.6 Å². The molecule has 1 saturated heterocycles. The van der Waals surface area contributed by atoms with Gasteiger partial charge in [-0.2, -0.15) is 10.1 Å². The third-order valence-electron chi connectivity index (χ3n) is 6.05. The average Bonchev–Trinajstić information content (AvgIpc) is 3.35. The van der Waals surface area contributed by atoms with Crippen molar-refractivity contribution >= 4 is 6.01 Å². The van der Waals surface area contributed by atoms with E-state index >= 15 is 0 Å². The zero-order chi connectivity index (χ0) is 25.2. The maximum atomic E-state index is 13.7. The zero-order valence-corrected chi connectivity index (χ0v) is 19.9. The lowest BCUT2D eigenvalue weighted by Gasteiger charge is -2.36. The van der Waals surface area contributed by atoms with Crippen LogP contribution in [0.3, 0.4) is 0 Å². The van der Waals surface area contributed by atoms with E-state index in [-0.39, 0.29) is 17.7 Å². The Bertz CT molecular complexity index is 1410. The number of rotatable bonds is 6. The lowest BCUT2D eigenvalue weighted by atomic mass is 10.1. The molecule has 0 aliphatic carbocycles. The first-order chi connectivity index (χ1) is 17.4. The maximum Gasteiger partial charge on any atom is 0.324 e. The predicted octanol–water partition coefficient (Wildman–Crippen LogP) is 2.89. The van der Waals surface area contributed by atoms with Gasteiger partial charge in [-0.15, -0.1) is 0 Å². The Balaban J connectivity index is 1.34. The van der Waals surface area contributed by atoms with Crippen molar-refractivity contribution in [3.05, 3.63) is 82.1 Å². The van der Waals surface area contributed by atoms with Gasteiger partial charge in [-0.25, -0.2) is 23.5 Å². The molecule has 186 valence electrons. The first kappa shape index (κ1) is 23.8. The smallest absolute Gasteiger partial charge is 0.322 e. The van der Waals surface area contributed by atoms with Crippen molar-refractivity contribution < 1.29 is 13.3 Å². The summed E-state index contributed by atoms with van der Waals surface area (Å²) in [6.45, 7) is 3.45. The summed E-state index contributed by atoms with van der Waals surface area (Å²) in [6, 6.07) is 13.8. The number of anilines is 1. The molecule has 0 spiro atoms. The van der Waals surface area contributed by atoms with Crippen LogP contribution in [0.2, 0.25) is 0 Å². The Labute approximate surface area is 206 Å². The largest absolute Gasteiger partial charge is 0.324 e. The summed E-state index contributed by atoms with van der Waals surface area (Å²) in [4.78, 5) is 19.1. The predicted molar refractivity (Wildman–Crippen MR) is 130 cm³/mol. The van der Waals surface area contributed by atoms with Gasteiger partial charge >= 0.3 is 6.01 Å². The highest BCUT2D eigenvalue weighted by atomic mass is 19.1. The van der Waals surface area contributed by atoms with Crippen molar-refractivity contribution in [2.75, 3.05) is 45.2 Å². The van der Waals surface area contributed by atoms with Gasteiger partial charge < -0.3 is 9.42 Å². The molecule has 11 heteroatoms. The number of halogens is 2. The van der Waals surface area contributed by atoms with Crippen LogP contribution in [0.25, 0.3) is 22.6 Å². The van der Waals surface area contributed by atoms with Crippen LogP contribution in [-0.4, -0.2) is 70.2 Å². The third-order valence-corrected chi connectivity index (χ3v) is 6.05. The molecule has 9 nitrogen and oxygen atoms in total. The lowest BCUT2D eigenvalue weighted by molar-refractivity contribution is 0.0191. The van der Waals surface area contributed by atoms with Crippen LogP contribution >= 0.6 is 0 Å². The van der Waals surface area contributed by atoms with E-state index in [1.165, 1.54) is 28.9 Å². The van der Waals surface area contributed by atoms with Crippen molar-refractivity contribution in [1.29, 1.82) is 0 Å². The Morgan fingerprint density at radius 1 is 0.944 bits per heavy atom. The second-order valence-electron chi connectivity index (χ2n) is 8.76. The molecule has 0 radical (unpaired) electrons. The molecule has 0 unspecified atom stereocenters. The van der Waals surface area contributed by atoms with E-state index in [4.69, 9.17) is 4.52 Å². The van der Waals surface area contributed by atoms with Crippen molar-refractivity contribution in [1.82, 2.24) is 29.9 Å². The number of piperazine rings is 1. The molecule has 0 bridgehead atoms. The number of nitrogens with zero attached hydrogens (tertiary/aromatic N) is 7. The van der Waals surface area contributed by atoms with E-state index in [0.717, 1.165) is 43.4 Å². The van der Waals surface area contributed by atoms with E-state index in [1.807, 2.05) is 38.4 Å². The fourth-order valence-corrected chi connectivity index (χ4v) is 4.15. The van der Waals surface area contributed by atoms with Crippen LogP contribution in [0.5, 0.6) is 0 Å². The Morgan fingerprint density at radius 3 is 2.42 bits per heavy atom. The third kappa shape index (κ3) is 5.16. The minimum atomic E-state index is -0.712. The van der Waals surface area contributed by atoms with E-state index < -0.39 is 11.6 Å². The molecule has 36 heavy (non-hydrogen) atoms. The highest BCUT2D eigenvalue weighted by Crippen LogP contribution is 2.23. The monoisotopic (exact) mass is 493 g/mol. The fourth-order valence-electron chi connectivity index (χ4n) is 4.15. The Kier molecular flexibility index (Phi) is 6.57. The van der Waals surface area contributed by atoms with Gasteiger partial charge in [0.1, 0.15) is 11.6 Å². The molecule has 0 saturated carbocycles. The molecule has 0 N–H and O–H groups in total. The van der Waals surface area contributed by atoms with E-state index in [9.17, 15) is 13.6 Å². The topological polar surface area (TPSA) is 83.5 Å². The zero-order valence-electron chi connectivity index (χ0n) is 19.9. The van der Waals surface area contributed by atoms with Gasteiger partial charge in [0.25, 0.3) is 5.56 Å². The van der Waals surface area contributed by atoms with Crippen LogP contribution in [0.1, 0.15) is 5.56 Å². The average molecular weight is 494 g/mol.